The molecule has 148 valence electrons. The summed E-state index contributed by atoms with van der Waals surface area (Å²) >= 11 is 1.29. The Morgan fingerprint density at radius 1 is 1.10 bits per heavy atom. The summed E-state index contributed by atoms with van der Waals surface area (Å²) in [4.78, 5) is 12.4. The van der Waals surface area contributed by atoms with E-state index in [0.29, 0.717) is 10.6 Å². The molecule has 0 fully saturated rings. The molecule has 1 aromatic heterocycles. The van der Waals surface area contributed by atoms with E-state index in [1.807, 2.05) is 41.7 Å². The van der Waals surface area contributed by atoms with Gasteiger partial charge in [0.25, 0.3) is 5.91 Å². The van der Waals surface area contributed by atoms with Crippen molar-refractivity contribution in [2.45, 2.75) is 12.7 Å². The van der Waals surface area contributed by atoms with E-state index in [9.17, 15) is 13.6 Å². The minimum absolute atomic E-state index is 0.0787. The van der Waals surface area contributed by atoms with Crippen molar-refractivity contribution < 1.29 is 23.6 Å². The molecule has 3 aromatic rings. The van der Waals surface area contributed by atoms with Gasteiger partial charge in [-0.1, -0.05) is 30.3 Å². The molecule has 0 aliphatic carbocycles. The third kappa shape index (κ3) is 5.60. The largest absolute Gasteiger partial charge is 0.435 e. The molecule has 2 aromatic carbocycles. The molecule has 0 unspecified atom stereocenters. The quantitative estimate of drug-likeness (QED) is 0.592. The van der Waals surface area contributed by atoms with Gasteiger partial charge in [-0.25, -0.2) is 0 Å². The van der Waals surface area contributed by atoms with Crippen LogP contribution in [0.5, 0.6) is 5.75 Å². The third-order valence-corrected chi connectivity index (χ3v) is 5.03. The van der Waals surface area contributed by atoms with Crippen LogP contribution in [0.4, 0.5) is 13.8 Å². The van der Waals surface area contributed by atoms with Gasteiger partial charge in [0.2, 0.25) is 0 Å². The van der Waals surface area contributed by atoms with Crippen molar-refractivity contribution in [2.24, 2.45) is 0 Å². The molecule has 0 bridgehead atoms. The van der Waals surface area contributed by atoms with Crippen LogP contribution in [0.2, 0.25) is 0 Å². The van der Waals surface area contributed by atoms with Crippen LogP contribution >= 0.6 is 11.3 Å². The third-order valence-electron chi connectivity index (χ3n) is 4.20. The molecule has 1 heterocycles. The number of amides is 1. The summed E-state index contributed by atoms with van der Waals surface area (Å²) in [5, 5.41) is 15.9. The van der Waals surface area contributed by atoms with Crippen LogP contribution in [0, 0.1) is 11.3 Å². The number of nitrogens with two attached hydrogens (primary N) is 1. The Morgan fingerprint density at radius 2 is 1.79 bits per heavy atom. The molecule has 0 spiro atoms. The lowest BCUT2D eigenvalue weighted by Crippen LogP contribution is -2.87. The molecule has 0 aliphatic heterocycles. The molecule has 0 saturated carbocycles. The van der Waals surface area contributed by atoms with Gasteiger partial charge in [-0.2, -0.15) is 14.0 Å². The summed E-state index contributed by atoms with van der Waals surface area (Å²) in [6.45, 7) is -2.76. The number of benzene rings is 2. The number of carbonyl (C=O) groups excluding carboxylic acids is 1. The lowest BCUT2D eigenvalue weighted by molar-refractivity contribution is -0.676. The maximum atomic E-state index is 12.4. The Morgan fingerprint density at radius 3 is 2.45 bits per heavy atom. The zero-order chi connectivity index (χ0) is 20.6. The second-order valence-corrected chi connectivity index (χ2v) is 7.02. The molecule has 0 radical (unpaired) electrons. The van der Waals surface area contributed by atoms with Crippen molar-refractivity contribution in [3.05, 3.63) is 82.7 Å². The molecule has 0 saturated heterocycles. The number of alkyl halides is 2. The van der Waals surface area contributed by atoms with Gasteiger partial charge in [-0.15, -0.1) is 11.3 Å². The van der Waals surface area contributed by atoms with Gasteiger partial charge in [-0.3, -0.25) is 4.79 Å². The number of halogens is 2. The smallest absolute Gasteiger partial charge is 0.387 e. The van der Waals surface area contributed by atoms with E-state index >= 15 is 0 Å². The number of rotatable bonds is 8. The predicted molar refractivity (Wildman–Crippen MR) is 106 cm³/mol. The zero-order valence-electron chi connectivity index (χ0n) is 15.2. The second-order valence-electron chi connectivity index (χ2n) is 6.10. The molecule has 8 heteroatoms. The van der Waals surface area contributed by atoms with Crippen LogP contribution in [0.25, 0.3) is 0 Å². The number of thiophene rings is 1. The Labute approximate surface area is 170 Å². The van der Waals surface area contributed by atoms with Crippen molar-refractivity contribution in [2.75, 3.05) is 11.9 Å². The summed E-state index contributed by atoms with van der Waals surface area (Å²) < 4.78 is 29.1. The number of hydrogen-bond acceptors (Lipinski definition) is 4. The van der Waals surface area contributed by atoms with Crippen LogP contribution < -0.4 is 15.4 Å². The SMILES string of the molecule is N#Cc1ccsc1NC(=O)C[NH2+][C@@H](c1ccccc1)c1ccc(OC(F)F)cc1. The minimum atomic E-state index is -2.88. The Bertz CT molecular complexity index is 985. The summed E-state index contributed by atoms with van der Waals surface area (Å²) in [5.74, 6) is -0.155. The van der Waals surface area contributed by atoms with E-state index in [1.165, 1.54) is 23.5 Å². The standard InChI is InChI=1S/C21H17F2N3O2S/c22-21(23)28-17-8-6-15(7-9-17)19(14-4-2-1-3-5-14)25-13-18(27)26-20-16(12-24)10-11-29-20/h1-11,19,21,25H,13H2,(H,26,27)/p+1/t19-/m0/s1. The highest BCUT2D eigenvalue weighted by Crippen LogP contribution is 2.23. The Balaban J connectivity index is 1.73. The average Bonchev–Trinajstić information content (AvgIpc) is 3.16. The van der Waals surface area contributed by atoms with Gasteiger partial charge >= 0.3 is 6.61 Å². The highest BCUT2D eigenvalue weighted by atomic mass is 32.1. The first-order valence-corrected chi connectivity index (χ1v) is 9.65. The summed E-state index contributed by atoms with van der Waals surface area (Å²) in [6.07, 6.45) is 0. The first-order chi connectivity index (χ1) is 14.1. The highest BCUT2D eigenvalue weighted by Gasteiger charge is 2.20. The van der Waals surface area contributed by atoms with E-state index in [4.69, 9.17) is 5.26 Å². The minimum Gasteiger partial charge on any atom is -0.435 e. The highest BCUT2D eigenvalue weighted by molar-refractivity contribution is 7.14. The Hall–Kier alpha value is -3.28. The summed E-state index contributed by atoms with van der Waals surface area (Å²) in [6, 6.07) is 19.4. The van der Waals surface area contributed by atoms with Gasteiger partial charge in [0.15, 0.2) is 6.54 Å². The first-order valence-electron chi connectivity index (χ1n) is 8.77. The van der Waals surface area contributed by atoms with E-state index in [-0.39, 0.29) is 24.2 Å². The van der Waals surface area contributed by atoms with E-state index in [1.54, 1.807) is 23.6 Å². The fourth-order valence-electron chi connectivity index (χ4n) is 2.88. The summed E-state index contributed by atoms with van der Waals surface area (Å²) in [7, 11) is 0. The number of hydrogen-bond donors (Lipinski definition) is 2. The van der Waals surface area contributed by atoms with Crippen LogP contribution in [0.1, 0.15) is 22.7 Å². The van der Waals surface area contributed by atoms with Crippen molar-refractivity contribution in [1.82, 2.24) is 0 Å². The van der Waals surface area contributed by atoms with Gasteiger partial charge < -0.3 is 15.4 Å². The van der Waals surface area contributed by atoms with Crippen molar-refractivity contribution in [3.63, 3.8) is 0 Å². The van der Waals surface area contributed by atoms with Gasteiger partial charge in [-0.05, 0) is 35.7 Å². The first kappa shape index (κ1) is 20.5. The number of nitrogens with zero attached hydrogens (tertiary/aromatic N) is 1. The fraction of sp³-hybridized carbons (Fsp3) is 0.143. The monoisotopic (exact) mass is 414 g/mol. The van der Waals surface area contributed by atoms with Gasteiger partial charge in [0.05, 0.1) is 5.56 Å². The van der Waals surface area contributed by atoms with Crippen LogP contribution in [-0.2, 0) is 4.79 Å². The second kappa shape index (κ2) is 9.78. The average molecular weight is 414 g/mol. The lowest BCUT2D eigenvalue weighted by atomic mass is 9.98. The number of nitrogens with one attached hydrogen (secondary N) is 1. The number of anilines is 1. The van der Waals surface area contributed by atoms with Crippen LogP contribution in [0.3, 0.4) is 0 Å². The molecule has 1 atom stereocenters. The van der Waals surface area contributed by atoms with Crippen molar-refractivity contribution in [3.8, 4) is 11.8 Å². The maximum Gasteiger partial charge on any atom is 0.387 e. The fourth-order valence-corrected chi connectivity index (χ4v) is 3.63. The molecule has 29 heavy (non-hydrogen) atoms. The zero-order valence-corrected chi connectivity index (χ0v) is 16.0. The topological polar surface area (TPSA) is 78.7 Å². The molecular formula is C21H18F2N3O2S+. The predicted octanol–water partition coefficient (Wildman–Crippen LogP) is 3.51. The number of carbonyl (C=O) groups is 1. The number of quaternary nitrogens is 1. The van der Waals surface area contributed by atoms with Gasteiger partial charge in [0.1, 0.15) is 22.9 Å². The van der Waals surface area contributed by atoms with E-state index in [0.717, 1.165) is 11.1 Å². The lowest BCUT2D eigenvalue weighted by Gasteiger charge is -2.17. The molecule has 1 amide bonds. The van der Waals surface area contributed by atoms with Crippen molar-refractivity contribution in [1.29, 1.82) is 5.26 Å². The van der Waals surface area contributed by atoms with E-state index in [2.05, 4.69) is 10.1 Å². The van der Waals surface area contributed by atoms with Crippen LogP contribution in [-0.4, -0.2) is 19.1 Å². The number of nitriles is 1. The van der Waals surface area contributed by atoms with Gasteiger partial charge in [0, 0.05) is 11.1 Å². The van der Waals surface area contributed by atoms with E-state index < -0.39 is 6.61 Å². The molecular weight excluding hydrogens is 396 g/mol. The molecule has 3 N–H and O–H groups in total. The maximum absolute atomic E-state index is 12.4. The number of ether oxygens (including phenoxy) is 1. The Kier molecular flexibility index (Phi) is 6.89. The molecule has 3 rings (SSSR count). The summed E-state index contributed by atoms with van der Waals surface area (Å²) in [5.41, 5.74) is 2.24. The van der Waals surface area contributed by atoms with Crippen molar-refractivity contribution >= 4 is 22.2 Å². The normalized spacial score (nSPS) is 11.7. The van der Waals surface area contributed by atoms with Crippen LogP contribution in [0.15, 0.2) is 66.0 Å². The molecule has 0 aliphatic rings. The molecule has 5 nitrogen and oxygen atoms in total.